The number of rotatable bonds is 3. The van der Waals surface area contributed by atoms with Gasteiger partial charge in [-0.2, -0.15) is 0 Å². The minimum Gasteiger partial charge on any atom is -0.497 e. The van der Waals surface area contributed by atoms with E-state index in [1.807, 2.05) is 6.07 Å². The van der Waals surface area contributed by atoms with Crippen LogP contribution < -0.4 is 15.8 Å². The fourth-order valence-corrected chi connectivity index (χ4v) is 2.88. The Morgan fingerprint density at radius 3 is 3.11 bits per heavy atom. The first kappa shape index (κ1) is 11.6. The lowest BCUT2D eigenvalue weighted by atomic mass is 9.94. The number of methoxy groups -OCH3 is 1. The highest BCUT2D eigenvalue weighted by Gasteiger charge is 2.28. The number of ether oxygens (including phenoxy) is 1. The van der Waals surface area contributed by atoms with Crippen molar-refractivity contribution in [1.29, 1.82) is 0 Å². The molecular weight excluding hydrogens is 226 g/mol. The van der Waals surface area contributed by atoms with Crippen LogP contribution in [-0.2, 0) is 0 Å². The fraction of sp³-hybridized carbons (Fsp3) is 0.429. The van der Waals surface area contributed by atoms with Crippen molar-refractivity contribution in [2.75, 3.05) is 20.2 Å². The van der Waals surface area contributed by atoms with Crippen LogP contribution in [-0.4, -0.2) is 25.2 Å². The molecule has 0 spiro atoms. The van der Waals surface area contributed by atoms with Gasteiger partial charge in [-0.3, -0.25) is 0 Å². The van der Waals surface area contributed by atoms with Gasteiger partial charge in [0.1, 0.15) is 5.75 Å². The summed E-state index contributed by atoms with van der Waals surface area (Å²) < 4.78 is 5.30. The fourth-order valence-electron chi connectivity index (χ4n) is 2.88. The molecule has 2 aromatic rings. The molecule has 2 atom stereocenters. The van der Waals surface area contributed by atoms with Crippen LogP contribution in [0.25, 0.3) is 10.9 Å². The smallest absolute Gasteiger partial charge is 0.119 e. The van der Waals surface area contributed by atoms with Gasteiger partial charge in [-0.25, -0.2) is 0 Å². The quantitative estimate of drug-likeness (QED) is 0.772. The molecule has 1 fully saturated rings. The number of benzene rings is 1. The van der Waals surface area contributed by atoms with Crippen LogP contribution in [0, 0.1) is 5.92 Å². The summed E-state index contributed by atoms with van der Waals surface area (Å²) in [5.41, 5.74) is 8.31. The van der Waals surface area contributed by atoms with Crippen LogP contribution in [0.5, 0.6) is 5.75 Å². The van der Waals surface area contributed by atoms with Gasteiger partial charge in [-0.15, -0.1) is 0 Å². The maximum absolute atomic E-state index is 5.86. The summed E-state index contributed by atoms with van der Waals surface area (Å²) in [5.74, 6) is 1.42. The molecule has 96 valence electrons. The van der Waals surface area contributed by atoms with Crippen molar-refractivity contribution < 1.29 is 4.74 Å². The molecule has 0 bridgehead atoms. The molecule has 3 rings (SSSR count). The molecule has 0 aliphatic carbocycles. The van der Waals surface area contributed by atoms with Crippen molar-refractivity contribution >= 4 is 10.9 Å². The minimum atomic E-state index is 0.357. The second-order valence-electron chi connectivity index (χ2n) is 4.87. The molecule has 4 nitrogen and oxygen atoms in total. The van der Waals surface area contributed by atoms with Gasteiger partial charge in [-0.1, -0.05) is 0 Å². The molecule has 1 saturated heterocycles. The van der Waals surface area contributed by atoms with Crippen molar-refractivity contribution in [3.8, 4) is 5.75 Å². The van der Waals surface area contributed by atoms with E-state index in [2.05, 4.69) is 28.6 Å². The number of H-pyrrole nitrogens is 1. The molecule has 0 amide bonds. The summed E-state index contributed by atoms with van der Waals surface area (Å²) in [6.07, 6.45) is 3.24. The Kier molecular flexibility index (Phi) is 2.97. The SMILES string of the molecule is COc1ccc2[nH]cc(C3NCCC3CN)c2c1. The molecule has 18 heavy (non-hydrogen) atoms. The Hall–Kier alpha value is -1.52. The van der Waals surface area contributed by atoms with E-state index in [9.17, 15) is 0 Å². The second-order valence-corrected chi connectivity index (χ2v) is 4.87. The maximum Gasteiger partial charge on any atom is 0.119 e. The molecule has 4 heteroatoms. The predicted octanol–water partition coefficient (Wildman–Crippen LogP) is 1.79. The van der Waals surface area contributed by atoms with Gasteiger partial charge in [-0.05, 0) is 49.2 Å². The lowest BCUT2D eigenvalue weighted by molar-refractivity contribution is 0.415. The number of fused-ring (bicyclic) bond motifs is 1. The highest BCUT2D eigenvalue weighted by Crippen LogP contribution is 2.34. The van der Waals surface area contributed by atoms with E-state index in [1.165, 1.54) is 10.9 Å². The lowest BCUT2D eigenvalue weighted by Gasteiger charge is -2.17. The number of hydrogen-bond acceptors (Lipinski definition) is 3. The zero-order valence-electron chi connectivity index (χ0n) is 10.6. The minimum absolute atomic E-state index is 0.357. The van der Waals surface area contributed by atoms with Crippen molar-refractivity contribution in [3.63, 3.8) is 0 Å². The third-order valence-corrected chi connectivity index (χ3v) is 3.91. The Labute approximate surface area is 107 Å². The normalized spacial score (nSPS) is 23.7. The molecule has 0 saturated carbocycles. The standard InChI is InChI=1S/C14H19N3O/c1-18-10-2-3-13-11(6-10)12(8-17-13)14-9(7-15)4-5-16-14/h2-3,6,8-9,14,16-17H,4-5,7,15H2,1H3. The van der Waals surface area contributed by atoms with Crippen LogP contribution in [0.4, 0.5) is 0 Å². The van der Waals surface area contributed by atoms with Crippen molar-refractivity contribution in [2.24, 2.45) is 11.7 Å². The summed E-state index contributed by atoms with van der Waals surface area (Å²) in [4.78, 5) is 3.32. The Balaban J connectivity index is 2.05. The number of aromatic nitrogens is 1. The van der Waals surface area contributed by atoms with Gasteiger partial charge in [0.05, 0.1) is 7.11 Å². The molecule has 2 heterocycles. The van der Waals surface area contributed by atoms with Gasteiger partial charge >= 0.3 is 0 Å². The Morgan fingerprint density at radius 2 is 2.33 bits per heavy atom. The topological polar surface area (TPSA) is 63.1 Å². The first-order valence-electron chi connectivity index (χ1n) is 6.42. The zero-order valence-corrected chi connectivity index (χ0v) is 10.6. The van der Waals surface area contributed by atoms with Gasteiger partial charge in [0.15, 0.2) is 0 Å². The van der Waals surface area contributed by atoms with E-state index in [0.29, 0.717) is 12.0 Å². The highest BCUT2D eigenvalue weighted by molar-refractivity contribution is 5.85. The van der Waals surface area contributed by atoms with E-state index >= 15 is 0 Å². The van der Waals surface area contributed by atoms with E-state index in [-0.39, 0.29) is 0 Å². The Morgan fingerprint density at radius 1 is 1.44 bits per heavy atom. The highest BCUT2D eigenvalue weighted by atomic mass is 16.5. The zero-order chi connectivity index (χ0) is 12.5. The summed E-state index contributed by atoms with van der Waals surface area (Å²) in [7, 11) is 1.70. The molecule has 2 unspecified atom stereocenters. The van der Waals surface area contributed by atoms with E-state index in [4.69, 9.17) is 10.5 Å². The number of hydrogen-bond donors (Lipinski definition) is 3. The first-order chi connectivity index (χ1) is 8.83. The summed E-state index contributed by atoms with van der Waals surface area (Å²) in [6.45, 7) is 1.78. The van der Waals surface area contributed by atoms with Gasteiger partial charge in [0.25, 0.3) is 0 Å². The number of aromatic amines is 1. The van der Waals surface area contributed by atoms with E-state index in [1.54, 1.807) is 7.11 Å². The Bertz CT molecular complexity index is 549. The van der Waals surface area contributed by atoms with Gasteiger partial charge in [0, 0.05) is 23.1 Å². The summed E-state index contributed by atoms with van der Waals surface area (Å²) >= 11 is 0. The van der Waals surface area contributed by atoms with Crippen LogP contribution in [0.3, 0.4) is 0 Å². The summed E-state index contributed by atoms with van der Waals surface area (Å²) in [5, 5.41) is 4.78. The number of nitrogens with one attached hydrogen (secondary N) is 2. The largest absolute Gasteiger partial charge is 0.497 e. The first-order valence-corrected chi connectivity index (χ1v) is 6.42. The predicted molar refractivity (Wildman–Crippen MR) is 72.8 cm³/mol. The average Bonchev–Trinajstić information content (AvgIpc) is 3.03. The van der Waals surface area contributed by atoms with Crippen LogP contribution >= 0.6 is 0 Å². The molecule has 1 aliphatic heterocycles. The van der Waals surface area contributed by atoms with Crippen molar-refractivity contribution in [3.05, 3.63) is 30.0 Å². The third kappa shape index (κ3) is 1.78. The molecule has 0 radical (unpaired) electrons. The molecule has 1 aromatic carbocycles. The van der Waals surface area contributed by atoms with Crippen LogP contribution in [0.15, 0.2) is 24.4 Å². The monoisotopic (exact) mass is 245 g/mol. The maximum atomic E-state index is 5.86. The van der Waals surface area contributed by atoms with E-state index in [0.717, 1.165) is 30.8 Å². The molecular formula is C14H19N3O. The van der Waals surface area contributed by atoms with Gasteiger partial charge in [0.2, 0.25) is 0 Å². The summed E-state index contributed by atoms with van der Waals surface area (Å²) in [6, 6.07) is 6.49. The lowest BCUT2D eigenvalue weighted by Crippen LogP contribution is -2.22. The van der Waals surface area contributed by atoms with Crippen molar-refractivity contribution in [1.82, 2.24) is 10.3 Å². The van der Waals surface area contributed by atoms with Crippen LogP contribution in [0.2, 0.25) is 0 Å². The molecule has 1 aromatic heterocycles. The third-order valence-electron chi connectivity index (χ3n) is 3.91. The molecule has 1 aliphatic rings. The van der Waals surface area contributed by atoms with Crippen LogP contribution in [0.1, 0.15) is 18.0 Å². The second kappa shape index (κ2) is 4.63. The number of nitrogens with two attached hydrogens (primary N) is 1. The van der Waals surface area contributed by atoms with E-state index < -0.39 is 0 Å². The van der Waals surface area contributed by atoms with Gasteiger partial charge < -0.3 is 20.8 Å². The van der Waals surface area contributed by atoms with Crippen molar-refractivity contribution in [2.45, 2.75) is 12.5 Å². The average molecular weight is 245 g/mol. The molecule has 4 N–H and O–H groups in total.